The molecule has 0 aliphatic carbocycles. The molecule has 7 nitrogen and oxygen atoms in total. The van der Waals surface area contributed by atoms with Gasteiger partial charge in [0.25, 0.3) is 5.91 Å². The van der Waals surface area contributed by atoms with E-state index in [-0.39, 0.29) is 5.91 Å². The first kappa shape index (κ1) is 18.9. The van der Waals surface area contributed by atoms with Crippen LogP contribution in [0.3, 0.4) is 0 Å². The molecule has 28 heavy (non-hydrogen) atoms. The van der Waals surface area contributed by atoms with Gasteiger partial charge in [0.15, 0.2) is 5.82 Å². The van der Waals surface area contributed by atoms with Gasteiger partial charge in [-0.3, -0.25) is 9.69 Å². The first-order valence-corrected chi connectivity index (χ1v) is 9.67. The van der Waals surface area contributed by atoms with Gasteiger partial charge in [-0.2, -0.15) is 4.68 Å². The van der Waals surface area contributed by atoms with E-state index >= 15 is 0 Å². The summed E-state index contributed by atoms with van der Waals surface area (Å²) in [5, 5.41) is 13.2. The van der Waals surface area contributed by atoms with Gasteiger partial charge in [0.1, 0.15) is 0 Å². The number of piperazine rings is 1. The molecule has 1 amide bonds. The SMILES string of the molecule is O=C(c1ccccc1Cl)N1CCN(Cc2nnnn2-c2ccc(Cl)cc2)CC1. The van der Waals surface area contributed by atoms with Crippen LogP contribution < -0.4 is 0 Å². The van der Waals surface area contributed by atoms with Crippen LogP contribution in [0.4, 0.5) is 0 Å². The highest BCUT2D eigenvalue weighted by Crippen LogP contribution is 2.19. The van der Waals surface area contributed by atoms with E-state index in [0.29, 0.717) is 35.2 Å². The zero-order valence-electron chi connectivity index (χ0n) is 15.0. The maximum absolute atomic E-state index is 12.7. The fourth-order valence-electron chi connectivity index (χ4n) is 3.20. The van der Waals surface area contributed by atoms with Crippen LogP contribution in [0.2, 0.25) is 10.0 Å². The zero-order valence-corrected chi connectivity index (χ0v) is 16.5. The minimum atomic E-state index is -0.0313. The molecule has 0 N–H and O–H groups in total. The van der Waals surface area contributed by atoms with E-state index in [0.717, 1.165) is 24.6 Å². The number of aromatic nitrogens is 4. The molecule has 1 saturated heterocycles. The number of rotatable bonds is 4. The van der Waals surface area contributed by atoms with Crippen molar-refractivity contribution >= 4 is 29.1 Å². The van der Waals surface area contributed by atoms with E-state index in [4.69, 9.17) is 23.2 Å². The Morgan fingerprint density at radius 1 is 0.964 bits per heavy atom. The molecule has 1 aliphatic heterocycles. The number of benzene rings is 2. The lowest BCUT2D eigenvalue weighted by Gasteiger charge is -2.34. The van der Waals surface area contributed by atoms with Crippen molar-refractivity contribution in [3.8, 4) is 5.69 Å². The molecule has 0 atom stereocenters. The van der Waals surface area contributed by atoms with Crippen LogP contribution >= 0.6 is 23.2 Å². The summed E-state index contributed by atoms with van der Waals surface area (Å²) in [6, 6.07) is 14.5. The number of carbonyl (C=O) groups excluding carboxylic acids is 1. The van der Waals surface area contributed by atoms with Gasteiger partial charge in [-0.25, -0.2) is 0 Å². The molecule has 144 valence electrons. The quantitative estimate of drug-likeness (QED) is 0.653. The van der Waals surface area contributed by atoms with Crippen LogP contribution in [-0.2, 0) is 6.54 Å². The summed E-state index contributed by atoms with van der Waals surface area (Å²) in [7, 11) is 0. The van der Waals surface area contributed by atoms with Gasteiger partial charge in [-0.1, -0.05) is 35.3 Å². The second-order valence-electron chi connectivity index (χ2n) is 6.53. The third kappa shape index (κ3) is 4.01. The molecule has 1 aliphatic rings. The first-order chi connectivity index (χ1) is 13.6. The Labute approximate surface area is 172 Å². The Hall–Kier alpha value is -2.48. The van der Waals surface area contributed by atoms with Crippen LogP contribution in [0.5, 0.6) is 0 Å². The topological polar surface area (TPSA) is 67.2 Å². The molecule has 2 heterocycles. The molecule has 4 rings (SSSR count). The predicted molar refractivity (Wildman–Crippen MR) is 107 cm³/mol. The number of hydrogen-bond acceptors (Lipinski definition) is 5. The summed E-state index contributed by atoms with van der Waals surface area (Å²) in [4.78, 5) is 16.8. The van der Waals surface area contributed by atoms with Gasteiger partial charge in [0.05, 0.1) is 22.8 Å². The molecular formula is C19H18Cl2N6O. The molecule has 0 saturated carbocycles. The van der Waals surface area contributed by atoms with Crippen molar-refractivity contribution in [3.05, 3.63) is 70.0 Å². The lowest BCUT2D eigenvalue weighted by molar-refractivity contribution is 0.0624. The van der Waals surface area contributed by atoms with E-state index in [9.17, 15) is 4.79 Å². The fraction of sp³-hybridized carbons (Fsp3) is 0.263. The van der Waals surface area contributed by atoms with Crippen molar-refractivity contribution in [1.29, 1.82) is 0 Å². The summed E-state index contributed by atoms with van der Waals surface area (Å²) in [6.45, 7) is 3.34. The Bertz CT molecular complexity index is 967. The van der Waals surface area contributed by atoms with Crippen LogP contribution in [0, 0.1) is 0 Å². The van der Waals surface area contributed by atoms with Gasteiger partial charge in [0, 0.05) is 31.2 Å². The summed E-state index contributed by atoms with van der Waals surface area (Å²) in [5.74, 6) is 0.712. The average Bonchev–Trinajstić information content (AvgIpc) is 3.17. The van der Waals surface area contributed by atoms with Crippen LogP contribution in [0.25, 0.3) is 5.69 Å². The maximum Gasteiger partial charge on any atom is 0.255 e. The maximum atomic E-state index is 12.7. The van der Waals surface area contributed by atoms with Gasteiger partial charge in [-0.05, 0) is 46.8 Å². The van der Waals surface area contributed by atoms with Crippen molar-refractivity contribution in [3.63, 3.8) is 0 Å². The molecule has 2 aromatic carbocycles. The van der Waals surface area contributed by atoms with E-state index in [1.54, 1.807) is 28.9 Å². The summed E-state index contributed by atoms with van der Waals surface area (Å²) >= 11 is 12.1. The minimum absolute atomic E-state index is 0.0313. The van der Waals surface area contributed by atoms with Crippen molar-refractivity contribution in [2.75, 3.05) is 26.2 Å². The van der Waals surface area contributed by atoms with Crippen LogP contribution in [0.1, 0.15) is 16.2 Å². The summed E-state index contributed by atoms with van der Waals surface area (Å²) in [5.41, 5.74) is 1.40. The molecule has 1 aromatic heterocycles. The smallest absolute Gasteiger partial charge is 0.255 e. The van der Waals surface area contributed by atoms with Crippen molar-refractivity contribution in [1.82, 2.24) is 30.0 Å². The van der Waals surface area contributed by atoms with Gasteiger partial charge < -0.3 is 4.90 Å². The monoisotopic (exact) mass is 416 g/mol. The third-order valence-electron chi connectivity index (χ3n) is 4.73. The fourth-order valence-corrected chi connectivity index (χ4v) is 3.54. The highest BCUT2D eigenvalue weighted by Gasteiger charge is 2.24. The van der Waals surface area contributed by atoms with Gasteiger partial charge >= 0.3 is 0 Å². The number of amides is 1. The second-order valence-corrected chi connectivity index (χ2v) is 7.38. The average molecular weight is 417 g/mol. The van der Waals surface area contributed by atoms with E-state index in [1.165, 1.54) is 0 Å². The Morgan fingerprint density at radius 3 is 2.39 bits per heavy atom. The number of nitrogens with zero attached hydrogens (tertiary/aromatic N) is 6. The van der Waals surface area contributed by atoms with Crippen molar-refractivity contribution < 1.29 is 4.79 Å². The zero-order chi connectivity index (χ0) is 19.5. The second kappa shape index (κ2) is 8.26. The largest absolute Gasteiger partial charge is 0.336 e. The van der Waals surface area contributed by atoms with E-state index in [2.05, 4.69) is 20.4 Å². The van der Waals surface area contributed by atoms with Crippen LogP contribution in [0.15, 0.2) is 48.5 Å². The van der Waals surface area contributed by atoms with Gasteiger partial charge in [-0.15, -0.1) is 5.10 Å². The molecular weight excluding hydrogens is 399 g/mol. The summed E-state index contributed by atoms with van der Waals surface area (Å²) < 4.78 is 1.71. The molecule has 1 fully saturated rings. The van der Waals surface area contributed by atoms with Crippen LogP contribution in [-0.4, -0.2) is 62.1 Å². The number of halogens is 2. The van der Waals surface area contributed by atoms with E-state index < -0.39 is 0 Å². The Kier molecular flexibility index (Phi) is 5.57. The lowest BCUT2D eigenvalue weighted by Crippen LogP contribution is -2.48. The van der Waals surface area contributed by atoms with Crippen molar-refractivity contribution in [2.45, 2.75) is 6.54 Å². The molecule has 0 radical (unpaired) electrons. The number of carbonyl (C=O) groups is 1. The standard InChI is InChI=1S/C19H18Cl2N6O/c20-14-5-7-15(8-6-14)27-18(22-23-24-27)13-25-9-11-26(12-10-25)19(28)16-3-1-2-4-17(16)21/h1-8H,9-13H2. The highest BCUT2D eigenvalue weighted by atomic mass is 35.5. The summed E-state index contributed by atoms with van der Waals surface area (Å²) in [6.07, 6.45) is 0. The predicted octanol–water partition coefficient (Wildman–Crippen LogP) is 2.93. The number of hydrogen-bond donors (Lipinski definition) is 0. The third-order valence-corrected chi connectivity index (χ3v) is 5.32. The molecule has 0 spiro atoms. The molecule has 0 bridgehead atoms. The number of tetrazole rings is 1. The Morgan fingerprint density at radius 2 is 1.68 bits per heavy atom. The van der Waals surface area contributed by atoms with Gasteiger partial charge in [0.2, 0.25) is 0 Å². The van der Waals surface area contributed by atoms with E-state index in [1.807, 2.05) is 29.2 Å². The minimum Gasteiger partial charge on any atom is -0.336 e. The normalized spacial score (nSPS) is 15.0. The highest BCUT2D eigenvalue weighted by molar-refractivity contribution is 6.33. The first-order valence-electron chi connectivity index (χ1n) is 8.91. The Balaban J connectivity index is 1.39. The van der Waals surface area contributed by atoms with Crippen molar-refractivity contribution in [2.24, 2.45) is 0 Å². The lowest BCUT2D eigenvalue weighted by atomic mass is 10.2. The molecule has 3 aromatic rings. The molecule has 9 heteroatoms. The molecule has 0 unspecified atom stereocenters.